The molecule has 0 aliphatic rings. The first-order valence-electron chi connectivity index (χ1n) is 10.4. The summed E-state index contributed by atoms with van der Waals surface area (Å²) in [7, 11) is 4.37. The number of benzene rings is 5. The molecule has 0 bridgehead atoms. The van der Waals surface area contributed by atoms with Crippen LogP contribution in [-0.2, 0) is 14.1 Å². The van der Waals surface area contributed by atoms with Crippen molar-refractivity contribution >= 4 is 65.2 Å². The van der Waals surface area contributed by atoms with E-state index in [4.69, 9.17) is 0 Å². The summed E-state index contributed by atoms with van der Waals surface area (Å²) in [6.07, 6.45) is 0. The van der Waals surface area contributed by atoms with Gasteiger partial charge in [-0.25, -0.2) is 0 Å². The molecule has 30 heavy (non-hydrogen) atoms. The predicted molar refractivity (Wildman–Crippen MR) is 129 cm³/mol. The van der Waals surface area contributed by atoms with Gasteiger partial charge in [-0.3, -0.25) is 0 Å². The molecule has 0 saturated heterocycles. The molecule has 0 aliphatic heterocycles. The van der Waals surface area contributed by atoms with Crippen LogP contribution in [0, 0.1) is 0 Å². The average Bonchev–Trinajstić information content (AvgIpc) is 3.25. The van der Waals surface area contributed by atoms with Crippen molar-refractivity contribution in [2.75, 3.05) is 0 Å². The van der Waals surface area contributed by atoms with E-state index in [1.54, 1.807) is 0 Å². The molecule has 2 heteroatoms. The largest absolute Gasteiger partial charge is 0.344 e. The number of aryl methyl sites for hydroxylation is 2. The lowest BCUT2D eigenvalue weighted by Crippen LogP contribution is -1.89. The Hall–Kier alpha value is -3.78. The Morgan fingerprint density at radius 2 is 1.13 bits per heavy atom. The van der Waals surface area contributed by atoms with Gasteiger partial charge in [-0.05, 0) is 46.5 Å². The third-order valence-corrected chi connectivity index (χ3v) is 6.88. The van der Waals surface area contributed by atoms with Gasteiger partial charge in [0, 0.05) is 57.6 Å². The summed E-state index contributed by atoms with van der Waals surface area (Å²) in [5.41, 5.74) is 5.17. The van der Waals surface area contributed by atoms with Gasteiger partial charge in [0.15, 0.2) is 0 Å². The van der Waals surface area contributed by atoms with E-state index in [2.05, 4.69) is 108 Å². The first-order valence-corrected chi connectivity index (χ1v) is 10.4. The second-order valence-electron chi connectivity index (χ2n) is 8.37. The van der Waals surface area contributed by atoms with E-state index in [1.807, 2.05) is 0 Å². The fraction of sp³-hybridized carbons (Fsp3) is 0.0714. The molecule has 0 amide bonds. The van der Waals surface area contributed by atoms with E-state index in [-0.39, 0.29) is 0 Å². The van der Waals surface area contributed by atoms with Crippen LogP contribution in [0.15, 0.2) is 84.9 Å². The van der Waals surface area contributed by atoms with Gasteiger partial charge in [0.25, 0.3) is 0 Å². The van der Waals surface area contributed by atoms with Crippen LogP contribution in [0.25, 0.3) is 65.2 Å². The molecular formula is C28H20N2. The van der Waals surface area contributed by atoms with E-state index in [0.717, 1.165) is 0 Å². The number of hydrogen-bond donors (Lipinski definition) is 0. The molecule has 0 spiro atoms. The molecule has 2 aromatic heterocycles. The number of nitrogens with zero attached hydrogens (tertiary/aromatic N) is 2. The molecule has 0 aliphatic carbocycles. The highest BCUT2D eigenvalue weighted by Crippen LogP contribution is 2.41. The smallest absolute Gasteiger partial charge is 0.0568 e. The minimum atomic E-state index is 1.28. The number of hydrogen-bond acceptors (Lipinski definition) is 0. The normalized spacial score (nSPS) is 12.3. The van der Waals surface area contributed by atoms with E-state index in [0.29, 0.717) is 0 Å². The maximum Gasteiger partial charge on any atom is 0.0568 e. The Kier molecular flexibility index (Phi) is 2.91. The Morgan fingerprint density at radius 3 is 1.97 bits per heavy atom. The van der Waals surface area contributed by atoms with Gasteiger partial charge in [0.2, 0.25) is 0 Å². The standard InChI is InChI=1S/C28H20N2/c1-29-23-10-6-5-9-20(23)26-24(29)13-14-25-27(26)21-12-11-19-15-17-7-3-4-8-18(17)16-22(19)28(21)30(25)2/h3-16H,1-2H3. The van der Waals surface area contributed by atoms with E-state index in [9.17, 15) is 0 Å². The first-order chi connectivity index (χ1) is 14.7. The third-order valence-electron chi connectivity index (χ3n) is 6.88. The van der Waals surface area contributed by atoms with Gasteiger partial charge in [0.1, 0.15) is 0 Å². The fourth-order valence-corrected chi connectivity index (χ4v) is 5.47. The molecule has 0 unspecified atom stereocenters. The molecule has 7 aromatic rings. The maximum atomic E-state index is 2.38. The summed E-state index contributed by atoms with van der Waals surface area (Å²) in [6.45, 7) is 0. The summed E-state index contributed by atoms with van der Waals surface area (Å²) in [5, 5.41) is 10.6. The molecule has 7 rings (SSSR count). The van der Waals surface area contributed by atoms with Crippen LogP contribution in [0.1, 0.15) is 0 Å². The van der Waals surface area contributed by atoms with Gasteiger partial charge in [-0.2, -0.15) is 0 Å². The van der Waals surface area contributed by atoms with Gasteiger partial charge < -0.3 is 9.13 Å². The van der Waals surface area contributed by atoms with Crippen LogP contribution in [-0.4, -0.2) is 9.13 Å². The topological polar surface area (TPSA) is 9.86 Å². The zero-order chi connectivity index (χ0) is 20.0. The quantitative estimate of drug-likeness (QED) is 0.243. The molecule has 5 aromatic carbocycles. The number of rotatable bonds is 0. The van der Waals surface area contributed by atoms with E-state index in [1.165, 1.54) is 65.2 Å². The van der Waals surface area contributed by atoms with Crippen molar-refractivity contribution in [1.29, 1.82) is 0 Å². The summed E-state index contributed by atoms with van der Waals surface area (Å²) >= 11 is 0. The first kappa shape index (κ1) is 16.1. The minimum absolute atomic E-state index is 1.28. The number of para-hydroxylation sites is 1. The number of fused-ring (bicyclic) bond motifs is 10. The Balaban J connectivity index is 1.78. The van der Waals surface area contributed by atoms with Crippen molar-refractivity contribution in [2.45, 2.75) is 0 Å². The van der Waals surface area contributed by atoms with Crippen LogP contribution < -0.4 is 0 Å². The van der Waals surface area contributed by atoms with Crippen LogP contribution in [0.5, 0.6) is 0 Å². The molecule has 0 atom stereocenters. The Labute approximate surface area is 173 Å². The van der Waals surface area contributed by atoms with Crippen molar-refractivity contribution in [2.24, 2.45) is 14.1 Å². The van der Waals surface area contributed by atoms with Gasteiger partial charge in [0.05, 0.1) is 5.52 Å². The summed E-state index contributed by atoms with van der Waals surface area (Å²) < 4.78 is 4.69. The van der Waals surface area contributed by atoms with Crippen molar-refractivity contribution < 1.29 is 0 Å². The fourth-order valence-electron chi connectivity index (χ4n) is 5.47. The monoisotopic (exact) mass is 384 g/mol. The highest BCUT2D eigenvalue weighted by atomic mass is 15.0. The highest BCUT2D eigenvalue weighted by Gasteiger charge is 2.18. The van der Waals surface area contributed by atoms with Gasteiger partial charge in [-0.1, -0.05) is 54.6 Å². The van der Waals surface area contributed by atoms with Crippen LogP contribution in [0.4, 0.5) is 0 Å². The van der Waals surface area contributed by atoms with Crippen molar-refractivity contribution in [3.8, 4) is 0 Å². The molecule has 0 radical (unpaired) electrons. The van der Waals surface area contributed by atoms with Gasteiger partial charge in [-0.15, -0.1) is 0 Å². The van der Waals surface area contributed by atoms with Gasteiger partial charge >= 0.3 is 0 Å². The van der Waals surface area contributed by atoms with Crippen molar-refractivity contribution in [3.63, 3.8) is 0 Å². The predicted octanol–water partition coefficient (Wildman–Crippen LogP) is 7.28. The lowest BCUT2D eigenvalue weighted by molar-refractivity contribution is 1.01. The third kappa shape index (κ3) is 1.84. The molecule has 0 N–H and O–H groups in total. The SMILES string of the molecule is Cn1c2ccccc2c2c3c4ccc5cc6ccccc6cc5c4n(C)c3ccc21. The second kappa shape index (κ2) is 5.43. The zero-order valence-electron chi connectivity index (χ0n) is 17.0. The summed E-state index contributed by atoms with van der Waals surface area (Å²) in [4.78, 5) is 0. The second-order valence-corrected chi connectivity index (χ2v) is 8.37. The summed E-state index contributed by atoms with van der Waals surface area (Å²) in [6, 6.07) is 31.2. The van der Waals surface area contributed by atoms with Crippen molar-refractivity contribution in [3.05, 3.63) is 84.9 Å². The van der Waals surface area contributed by atoms with E-state index >= 15 is 0 Å². The molecule has 142 valence electrons. The zero-order valence-corrected chi connectivity index (χ0v) is 17.0. The molecule has 2 nitrogen and oxygen atoms in total. The average molecular weight is 384 g/mol. The molecule has 0 saturated carbocycles. The lowest BCUT2D eigenvalue weighted by Gasteiger charge is -2.06. The van der Waals surface area contributed by atoms with Crippen LogP contribution in [0.3, 0.4) is 0 Å². The summed E-state index contributed by atoms with van der Waals surface area (Å²) in [5.74, 6) is 0. The Morgan fingerprint density at radius 1 is 0.467 bits per heavy atom. The van der Waals surface area contributed by atoms with Crippen molar-refractivity contribution in [1.82, 2.24) is 9.13 Å². The molecular weight excluding hydrogens is 364 g/mol. The molecule has 0 fully saturated rings. The number of aromatic nitrogens is 2. The van der Waals surface area contributed by atoms with Crippen LogP contribution in [0.2, 0.25) is 0 Å². The van der Waals surface area contributed by atoms with Crippen LogP contribution >= 0.6 is 0 Å². The van der Waals surface area contributed by atoms with E-state index < -0.39 is 0 Å². The lowest BCUT2D eigenvalue weighted by atomic mass is 10.00. The highest BCUT2D eigenvalue weighted by molar-refractivity contribution is 6.31. The minimum Gasteiger partial charge on any atom is -0.344 e. The molecule has 2 heterocycles. The Bertz CT molecular complexity index is 1810. The maximum absolute atomic E-state index is 2.38.